The molecule has 1 unspecified atom stereocenters. The molecule has 0 bridgehead atoms. The molecule has 4 aliphatic rings. The molecule has 136 valence electrons. The normalized spacial score (nSPS) is 48.4. The van der Waals surface area contributed by atoms with Crippen molar-refractivity contribution in [1.29, 1.82) is 0 Å². The summed E-state index contributed by atoms with van der Waals surface area (Å²) in [5.74, 6) is 1.68. The van der Waals surface area contributed by atoms with E-state index in [0.29, 0.717) is 17.8 Å². The Hall–Kier alpha value is -0.870. The molecule has 1 N–H and O–H groups in total. The van der Waals surface area contributed by atoms with Crippen LogP contribution in [0, 0.1) is 40.4 Å². The number of carbonyl (C=O) groups excluding carboxylic acids is 2. The van der Waals surface area contributed by atoms with Crippen molar-refractivity contribution in [2.24, 2.45) is 40.4 Å². The summed E-state index contributed by atoms with van der Waals surface area (Å²) in [4.78, 5) is 24.1. The van der Waals surface area contributed by atoms with Gasteiger partial charge in [-0.1, -0.05) is 25.5 Å². The van der Waals surface area contributed by atoms with E-state index in [0.717, 1.165) is 32.1 Å². The van der Waals surface area contributed by atoms with Crippen LogP contribution in [0.15, 0.2) is 23.8 Å². The Morgan fingerprint density at radius 3 is 2.80 bits per heavy atom. The van der Waals surface area contributed by atoms with Crippen molar-refractivity contribution in [3.05, 3.63) is 23.8 Å². The smallest absolute Gasteiger partial charge is 0.189 e. The maximum absolute atomic E-state index is 12.3. The zero-order chi connectivity index (χ0) is 18.0. The zero-order valence-corrected chi connectivity index (χ0v) is 16.0. The number of rotatable bonds is 2. The fraction of sp³-hybridized carbons (Fsp3) is 0.714. The molecule has 3 nitrogen and oxygen atoms in total. The molecule has 0 aliphatic heterocycles. The van der Waals surface area contributed by atoms with E-state index in [4.69, 9.17) is 0 Å². The summed E-state index contributed by atoms with van der Waals surface area (Å²) in [6.45, 7) is 4.53. The van der Waals surface area contributed by atoms with E-state index in [9.17, 15) is 14.7 Å². The summed E-state index contributed by atoms with van der Waals surface area (Å²) in [5.41, 5.74) is 0.960. The van der Waals surface area contributed by atoms with Crippen molar-refractivity contribution in [3.8, 4) is 0 Å². The highest BCUT2D eigenvalue weighted by Crippen LogP contribution is 2.67. The lowest BCUT2D eigenvalue weighted by atomic mass is 9.47. The number of hydrogen-bond acceptors (Lipinski definition) is 3. The van der Waals surface area contributed by atoms with Gasteiger partial charge in [-0.05, 0) is 67.9 Å². The number of allylic oxidation sites excluding steroid dienone is 4. The standard InChI is InChI=1S/C21H28O3S/c1-12-9-17-15-4-3-13-10-14(23)5-7-20(13,2)16(15)6-8-21(17,11-22)18(12)19(24)25/h5,7,10,12,15-18,22H,3-4,6,8-9,11H2,1-2H3,(H,24,25)/t12-,15-,16+,17+,18?,20+,21-/m1/s1. The van der Waals surface area contributed by atoms with Gasteiger partial charge in [0.1, 0.15) is 0 Å². The topological polar surface area (TPSA) is 54.4 Å². The van der Waals surface area contributed by atoms with Crippen molar-refractivity contribution in [2.45, 2.75) is 46.0 Å². The van der Waals surface area contributed by atoms with Crippen LogP contribution >= 0.6 is 12.6 Å². The molecule has 0 radical (unpaired) electrons. The highest BCUT2D eigenvalue weighted by molar-refractivity contribution is 7.96. The predicted octanol–water partition coefficient (Wildman–Crippen LogP) is 3.59. The van der Waals surface area contributed by atoms with Crippen molar-refractivity contribution in [1.82, 2.24) is 0 Å². The lowest BCUT2D eigenvalue weighted by molar-refractivity contribution is -0.126. The van der Waals surface area contributed by atoms with Gasteiger partial charge in [-0.2, -0.15) is 0 Å². The monoisotopic (exact) mass is 360 g/mol. The highest BCUT2D eigenvalue weighted by Gasteiger charge is 2.63. The summed E-state index contributed by atoms with van der Waals surface area (Å²) in [7, 11) is 0. The van der Waals surface area contributed by atoms with E-state index in [2.05, 4.69) is 32.6 Å². The first-order valence-corrected chi connectivity index (χ1v) is 10.1. The van der Waals surface area contributed by atoms with Gasteiger partial charge < -0.3 is 5.11 Å². The maximum atomic E-state index is 12.3. The van der Waals surface area contributed by atoms with Gasteiger partial charge in [0.15, 0.2) is 10.9 Å². The van der Waals surface area contributed by atoms with Crippen molar-refractivity contribution in [2.75, 3.05) is 6.61 Å². The molecule has 0 heterocycles. The van der Waals surface area contributed by atoms with E-state index < -0.39 is 0 Å². The van der Waals surface area contributed by atoms with Crippen LogP contribution in [0.25, 0.3) is 0 Å². The van der Waals surface area contributed by atoms with Crippen molar-refractivity contribution in [3.63, 3.8) is 0 Å². The van der Waals surface area contributed by atoms with Gasteiger partial charge in [-0.3, -0.25) is 9.59 Å². The number of ketones is 1. The second-order valence-electron chi connectivity index (χ2n) is 9.06. The third-order valence-corrected chi connectivity index (χ3v) is 8.47. The Morgan fingerprint density at radius 2 is 2.12 bits per heavy atom. The molecule has 7 atom stereocenters. The minimum absolute atomic E-state index is 0.0370. The highest BCUT2D eigenvalue weighted by atomic mass is 32.1. The minimum atomic E-state index is -0.287. The number of aliphatic hydroxyl groups is 1. The number of carbonyl (C=O) groups is 2. The van der Waals surface area contributed by atoms with E-state index in [1.165, 1.54) is 5.57 Å². The average molecular weight is 361 g/mol. The summed E-state index contributed by atoms with van der Waals surface area (Å²) >= 11 is 4.19. The van der Waals surface area contributed by atoms with Gasteiger partial charge in [0.25, 0.3) is 0 Å². The Balaban J connectivity index is 1.72. The third kappa shape index (κ3) is 2.29. The van der Waals surface area contributed by atoms with Crippen LogP contribution < -0.4 is 0 Å². The molecule has 3 saturated carbocycles. The van der Waals surface area contributed by atoms with Crippen LogP contribution in [0.5, 0.6) is 0 Å². The molecule has 3 fully saturated rings. The molecule has 0 aromatic carbocycles. The molecule has 4 rings (SSSR count). The quantitative estimate of drug-likeness (QED) is 0.740. The summed E-state index contributed by atoms with van der Waals surface area (Å²) in [6, 6.07) is 0. The van der Waals surface area contributed by atoms with Gasteiger partial charge in [0.2, 0.25) is 0 Å². The van der Waals surface area contributed by atoms with Crippen LogP contribution in [0.1, 0.15) is 46.0 Å². The second-order valence-corrected chi connectivity index (χ2v) is 9.50. The number of fused-ring (bicyclic) bond motifs is 5. The van der Waals surface area contributed by atoms with Crippen LogP contribution in [0.4, 0.5) is 0 Å². The molecular formula is C21H28O3S. The van der Waals surface area contributed by atoms with Crippen LogP contribution in [0.2, 0.25) is 0 Å². The molecule has 0 aromatic heterocycles. The molecule has 0 aromatic rings. The summed E-state index contributed by atoms with van der Waals surface area (Å²) in [5, 5.41) is 10.3. The Labute approximate surface area is 155 Å². The number of hydrogen-bond donors (Lipinski definition) is 2. The predicted molar refractivity (Wildman–Crippen MR) is 100 cm³/mol. The molecule has 0 saturated heterocycles. The first kappa shape index (κ1) is 17.5. The largest absolute Gasteiger partial charge is 0.396 e. The third-order valence-electron chi connectivity index (χ3n) is 8.19. The van der Waals surface area contributed by atoms with E-state index in [1.54, 1.807) is 6.08 Å². The van der Waals surface area contributed by atoms with Gasteiger partial charge >= 0.3 is 0 Å². The minimum Gasteiger partial charge on any atom is -0.396 e. The van der Waals surface area contributed by atoms with Gasteiger partial charge in [0.05, 0.1) is 0 Å². The fourth-order valence-electron chi connectivity index (χ4n) is 7.12. The van der Waals surface area contributed by atoms with E-state index in [1.807, 2.05) is 6.08 Å². The fourth-order valence-corrected chi connectivity index (χ4v) is 7.63. The zero-order valence-electron chi connectivity index (χ0n) is 15.1. The van der Waals surface area contributed by atoms with Crippen molar-refractivity contribution < 1.29 is 14.7 Å². The van der Waals surface area contributed by atoms with Crippen LogP contribution in [-0.4, -0.2) is 22.6 Å². The second kappa shape index (κ2) is 5.82. The molecule has 25 heavy (non-hydrogen) atoms. The molecule has 4 heteroatoms. The first-order chi connectivity index (χ1) is 11.8. The molecule has 4 aliphatic carbocycles. The lowest BCUT2D eigenvalue weighted by Crippen LogP contribution is -2.52. The Bertz CT molecular complexity index is 681. The molecule has 0 spiro atoms. The van der Waals surface area contributed by atoms with E-state index in [-0.39, 0.29) is 40.2 Å². The first-order valence-electron chi connectivity index (χ1n) is 9.61. The summed E-state index contributed by atoms with van der Waals surface area (Å²) < 4.78 is 0. The Morgan fingerprint density at radius 1 is 1.36 bits per heavy atom. The molecule has 0 amide bonds. The van der Waals surface area contributed by atoms with Crippen LogP contribution in [-0.2, 0) is 9.59 Å². The van der Waals surface area contributed by atoms with Crippen molar-refractivity contribution >= 4 is 23.5 Å². The number of aliphatic hydroxyl groups excluding tert-OH is 1. The van der Waals surface area contributed by atoms with Gasteiger partial charge in [-0.25, -0.2) is 0 Å². The Kier molecular flexibility index (Phi) is 4.08. The molecular weight excluding hydrogens is 332 g/mol. The maximum Gasteiger partial charge on any atom is 0.189 e. The van der Waals surface area contributed by atoms with Crippen LogP contribution in [0.3, 0.4) is 0 Å². The average Bonchev–Trinajstić information content (AvgIpc) is 2.88. The SMILES string of the molecule is C[C@@H]1C[C@H]2[C@@H]3CCC4=CC(=O)C=C[C@]4(C)[C@H]3CC[C@]2(CO)C1C(=O)S. The van der Waals surface area contributed by atoms with Gasteiger partial charge in [-0.15, -0.1) is 12.6 Å². The lowest BCUT2D eigenvalue weighted by Gasteiger charge is -2.57. The summed E-state index contributed by atoms with van der Waals surface area (Å²) in [6.07, 6.45) is 10.7. The van der Waals surface area contributed by atoms with E-state index >= 15 is 0 Å². The number of thiol groups is 1. The van der Waals surface area contributed by atoms with Gasteiger partial charge in [0, 0.05) is 23.4 Å².